The molecule has 0 radical (unpaired) electrons. The van der Waals surface area contributed by atoms with E-state index in [1.165, 1.54) is 12.1 Å². The van der Waals surface area contributed by atoms with E-state index >= 15 is 0 Å². The van der Waals surface area contributed by atoms with E-state index in [0.29, 0.717) is 13.1 Å². The Bertz CT molecular complexity index is 933. The van der Waals surface area contributed by atoms with Crippen molar-refractivity contribution in [3.63, 3.8) is 0 Å². The molecule has 3 aromatic carbocycles. The van der Waals surface area contributed by atoms with Gasteiger partial charge in [-0.25, -0.2) is 4.39 Å². The standard InChI is InChI=1S/C22H21FN2O/c1-16-22(26)25(21-8-4-6-18-5-2-3-7-20(18)21)14-13-24(16)15-17-9-11-19(23)12-10-17/h2-12,16H,13-15H2,1H3/t16-/m0/s1. The molecule has 0 saturated carbocycles. The molecule has 132 valence electrons. The van der Waals surface area contributed by atoms with E-state index in [2.05, 4.69) is 23.1 Å². The number of carbonyl (C=O) groups is 1. The Labute approximate surface area is 152 Å². The van der Waals surface area contributed by atoms with Crippen molar-refractivity contribution in [3.05, 3.63) is 78.1 Å². The molecule has 3 aromatic rings. The molecule has 1 fully saturated rings. The smallest absolute Gasteiger partial charge is 0.244 e. The average molecular weight is 348 g/mol. The maximum Gasteiger partial charge on any atom is 0.244 e. The predicted octanol–water partition coefficient (Wildman–Crippen LogP) is 4.22. The van der Waals surface area contributed by atoms with E-state index in [1.54, 1.807) is 12.1 Å². The number of rotatable bonds is 3. The highest BCUT2D eigenvalue weighted by Gasteiger charge is 2.32. The van der Waals surface area contributed by atoms with Gasteiger partial charge in [0, 0.05) is 25.0 Å². The lowest BCUT2D eigenvalue weighted by Crippen LogP contribution is -2.55. The molecule has 0 unspecified atom stereocenters. The van der Waals surface area contributed by atoms with Gasteiger partial charge < -0.3 is 4.90 Å². The number of anilines is 1. The Kier molecular flexibility index (Phi) is 4.43. The van der Waals surface area contributed by atoms with Crippen molar-refractivity contribution < 1.29 is 9.18 Å². The Hall–Kier alpha value is -2.72. The molecule has 0 aromatic heterocycles. The highest BCUT2D eigenvalue weighted by molar-refractivity contribution is 6.05. The van der Waals surface area contributed by atoms with Gasteiger partial charge in [0.05, 0.1) is 11.7 Å². The average Bonchev–Trinajstić information content (AvgIpc) is 2.67. The molecule has 0 spiro atoms. The predicted molar refractivity (Wildman–Crippen MR) is 103 cm³/mol. The van der Waals surface area contributed by atoms with Crippen LogP contribution in [0.2, 0.25) is 0 Å². The Morgan fingerprint density at radius 1 is 0.962 bits per heavy atom. The van der Waals surface area contributed by atoms with Crippen molar-refractivity contribution in [2.24, 2.45) is 0 Å². The molecule has 0 aliphatic carbocycles. The third-order valence-corrected chi connectivity index (χ3v) is 5.14. The molecule has 1 aliphatic heterocycles. The summed E-state index contributed by atoms with van der Waals surface area (Å²) in [7, 11) is 0. The van der Waals surface area contributed by atoms with Crippen molar-refractivity contribution in [2.45, 2.75) is 19.5 Å². The topological polar surface area (TPSA) is 23.6 Å². The zero-order valence-corrected chi connectivity index (χ0v) is 14.7. The molecule has 4 rings (SSSR count). The Balaban J connectivity index is 1.57. The molecule has 1 aliphatic rings. The van der Waals surface area contributed by atoms with Crippen LogP contribution in [0.3, 0.4) is 0 Å². The summed E-state index contributed by atoms with van der Waals surface area (Å²) in [5, 5.41) is 2.24. The van der Waals surface area contributed by atoms with Gasteiger partial charge in [-0.3, -0.25) is 9.69 Å². The van der Waals surface area contributed by atoms with Gasteiger partial charge >= 0.3 is 0 Å². The number of benzene rings is 3. The lowest BCUT2D eigenvalue weighted by molar-refractivity contribution is -0.125. The van der Waals surface area contributed by atoms with Crippen LogP contribution < -0.4 is 4.90 Å². The van der Waals surface area contributed by atoms with Gasteiger partial charge in [-0.15, -0.1) is 0 Å². The number of piperazine rings is 1. The first-order valence-corrected chi connectivity index (χ1v) is 8.91. The largest absolute Gasteiger partial charge is 0.309 e. The van der Waals surface area contributed by atoms with E-state index in [1.807, 2.05) is 36.1 Å². The summed E-state index contributed by atoms with van der Waals surface area (Å²) < 4.78 is 13.1. The minimum atomic E-state index is -0.237. The van der Waals surface area contributed by atoms with Crippen LogP contribution in [0.1, 0.15) is 12.5 Å². The van der Waals surface area contributed by atoms with Gasteiger partial charge in [0.15, 0.2) is 0 Å². The Morgan fingerprint density at radius 3 is 2.50 bits per heavy atom. The van der Waals surface area contributed by atoms with E-state index in [9.17, 15) is 9.18 Å². The molecular formula is C22H21FN2O. The zero-order chi connectivity index (χ0) is 18.1. The lowest BCUT2D eigenvalue weighted by atomic mass is 10.1. The third kappa shape index (κ3) is 3.08. The molecule has 1 heterocycles. The zero-order valence-electron chi connectivity index (χ0n) is 14.7. The minimum Gasteiger partial charge on any atom is -0.309 e. The maximum absolute atomic E-state index is 13.1. The number of carbonyl (C=O) groups excluding carboxylic acids is 1. The fourth-order valence-electron chi connectivity index (χ4n) is 3.64. The molecule has 0 N–H and O–H groups in total. The van der Waals surface area contributed by atoms with Crippen molar-refractivity contribution in [1.82, 2.24) is 4.90 Å². The fourth-order valence-corrected chi connectivity index (χ4v) is 3.64. The minimum absolute atomic E-state index is 0.106. The number of amides is 1. The number of halogens is 1. The van der Waals surface area contributed by atoms with E-state index < -0.39 is 0 Å². The van der Waals surface area contributed by atoms with Crippen molar-refractivity contribution in [1.29, 1.82) is 0 Å². The lowest BCUT2D eigenvalue weighted by Gasteiger charge is -2.39. The first kappa shape index (κ1) is 16.7. The van der Waals surface area contributed by atoms with E-state index in [0.717, 1.165) is 28.6 Å². The van der Waals surface area contributed by atoms with Crippen LogP contribution in [0.25, 0.3) is 10.8 Å². The second-order valence-electron chi connectivity index (χ2n) is 6.76. The van der Waals surface area contributed by atoms with Crippen LogP contribution in [0.5, 0.6) is 0 Å². The number of hydrogen-bond donors (Lipinski definition) is 0. The first-order chi connectivity index (χ1) is 12.6. The summed E-state index contributed by atoms with van der Waals surface area (Å²) in [5.41, 5.74) is 1.99. The number of hydrogen-bond acceptors (Lipinski definition) is 2. The third-order valence-electron chi connectivity index (χ3n) is 5.14. The maximum atomic E-state index is 13.1. The quantitative estimate of drug-likeness (QED) is 0.708. The molecule has 4 heteroatoms. The van der Waals surface area contributed by atoms with Crippen LogP contribution in [-0.2, 0) is 11.3 Å². The van der Waals surface area contributed by atoms with Crippen LogP contribution in [-0.4, -0.2) is 29.9 Å². The SMILES string of the molecule is C[C@H]1C(=O)N(c2cccc3ccccc23)CCN1Cc1ccc(F)cc1. The molecule has 26 heavy (non-hydrogen) atoms. The number of nitrogens with zero attached hydrogens (tertiary/aromatic N) is 2. The van der Waals surface area contributed by atoms with E-state index in [-0.39, 0.29) is 17.8 Å². The number of fused-ring (bicyclic) bond motifs is 1. The van der Waals surface area contributed by atoms with Crippen molar-refractivity contribution >= 4 is 22.4 Å². The summed E-state index contributed by atoms with van der Waals surface area (Å²) >= 11 is 0. The van der Waals surface area contributed by atoms with Crippen molar-refractivity contribution in [3.8, 4) is 0 Å². The second-order valence-corrected chi connectivity index (χ2v) is 6.76. The summed E-state index contributed by atoms with van der Waals surface area (Å²) in [4.78, 5) is 17.1. The van der Waals surface area contributed by atoms with Gasteiger partial charge in [0.1, 0.15) is 5.82 Å². The van der Waals surface area contributed by atoms with Gasteiger partial charge in [0.25, 0.3) is 0 Å². The summed E-state index contributed by atoms with van der Waals surface area (Å²) in [6.45, 7) is 4.03. The molecule has 1 atom stereocenters. The van der Waals surface area contributed by atoms with Crippen LogP contribution in [0.4, 0.5) is 10.1 Å². The second kappa shape index (κ2) is 6.89. The highest BCUT2D eigenvalue weighted by atomic mass is 19.1. The summed E-state index contributed by atoms with van der Waals surface area (Å²) in [6.07, 6.45) is 0. The molecule has 1 amide bonds. The molecular weight excluding hydrogens is 327 g/mol. The summed E-state index contributed by atoms with van der Waals surface area (Å²) in [6, 6.07) is 20.5. The first-order valence-electron chi connectivity index (χ1n) is 8.91. The van der Waals surface area contributed by atoms with Gasteiger partial charge in [-0.05, 0) is 36.1 Å². The Morgan fingerprint density at radius 2 is 1.69 bits per heavy atom. The molecule has 1 saturated heterocycles. The summed E-state index contributed by atoms with van der Waals surface area (Å²) in [5.74, 6) is -0.131. The normalized spacial score (nSPS) is 18.5. The van der Waals surface area contributed by atoms with Crippen LogP contribution in [0.15, 0.2) is 66.7 Å². The fraction of sp³-hybridized carbons (Fsp3) is 0.227. The monoisotopic (exact) mass is 348 g/mol. The molecule has 0 bridgehead atoms. The van der Waals surface area contributed by atoms with Crippen LogP contribution in [0, 0.1) is 5.82 Å². The van der Waals surface area contributed by atoms with Gasteiger partial charge in [-0.1, -0.05) is 48.5 Å². The van der Waals surface area contributed by atoms with Gasteiger partial charge in [0.2, 0.25) is 5.91 Å². The highest BCUT2D eigenvalue weighted by Crippen LogP contribution is 2.29. The molecule has 3 nitrogen and oxygen atoms in total. The van der Waals surface area contributed by atoms with Crippen molar-refractivity contribution in [2.75, 3.05) is 18.0 Å². The van der Waals surface area contributed by atoms with E-state index in [4.69, 9.17) is 0 Å². The van der Waals surface area contributed by atoms with Crippen LogP contribution >= 0.6 is 0 Å². The van der Waals surface area contributed by atoms with Gasteiger partial charge in [-0.2, -0.15) is 0 Å².